The first-order valence-electron chi connectivity index (χ1n) is 6.28. The molecule has 0 bridgehead atoms. The van der Waals surface area contributed by atoms with Crippen LogP contribution in [0.2, 0.25) is 0 Å². The van der Waals surface area contributed by atoms with Crippen LogP contribution in [-0.2, 0) is 6.54 Å². The lowest BCUT2D eigenvalue weighted by Gasteiger charge is -2.24. The SMILES string of the molecule is CC(C)c1nc(CNC2(C)CCCC2)cs1. The second kappa shape index (κ2) is 4.84. The van der Waals surface area contributed by atoms with Crippen molar-refractivity contribution in [2.45, 2.75) is 64.5 Å². The van der Waals surface area contributed by atoms with Crippen LogP contribution in [0.4, 0.5) is 0 Å². The maximum Gasteiger partial charge on any atom is 0.0954 e. The molecule has 0 unspecified atom stereocenters. The van der Waals surface area contributed by atoms with Crippen LogP contribution in [0.25, 0.3) is 0 Å². The van der Waals surface area contributed by atoms with Gasteiger partial charge in [0.05, 0.1) is 10.7 Å². The van der Waals surface area contributed by atoms with E-state index in [1.54, 1.807) is 11.3 Å². The molecule has 2 rings (SSSR count). The summed E-state index contributed by atoms with van der Waals surface area (Å²) in [5, 5.41) is 7.12. The summed E-state index contributed by atoms with van der Waals surface area (Å²) < 4.78 is 0. The van der Waals surface area contributed by atoms with E-state index in [0.717, 1.165) is 6.54 Å². The Morgan fingerprint density at radius 3 is 2.69 bits per heavy atom. The lowest BCUT2D eigenvalue weighted by atomic mass is 10.0. The fourth-order valence-electron chi connectivity index (χ4n) is 2.31. The van der Waals surface area contributed by atoms with Gasteiger partial charge in [0.1, 0.15) is 0 Å². The Morgan fingerprint density at radius 1 is 1.44 bits per heavy atom. The first-order chi connectivity index (χ1) is 7.59. The zero-order valence-electron chi connectivity index (χ0n) is 10.5. The molecule has 0 aromatic carbocycles. The van der Waals surface area contributed by atoms with E-state index < -0.39 is 0 Å². The summed E-state index contributed by atoms with van der Waals surface area (Å²) in [6.07, 6.45) is 5.37. The Labute approximate surface area is 102 Å². The van der Waals surface area contributed by atoms with Crippen LogP contribution in [0.5, 0.6) is 0 Å². The van der Waals surface area contributed by atoms with Gasteiger partial charge in [-0.2, -0.15) is 0 Å². The van der Waals surface area contributed by atoms with Crippen molar-refractivity contribution < 1.29 is 0 Å². The van der Waals surface area contributed by atoms with Gasteiger partial charge in [-0.05, 0) is 19.8 Å². The Hall–Kier alpha value is -0.410. The van der Waals surface area contributed by atoms with Crippen molar-refractivity contribution in [3.05, 3.63) is 16.1 Å². The van der Waals surface area contributed by atoms with Crippen LogP contribution in [0, 0.1) is 0 Å². The number of hydrogen-bond donors (Lipinski definition) is 1. The molecule has 1 aliphatic carbocycles. The molecule has 1 N–H and O–H groups in total. The molecule has 1 saturated carbocycles. The van der Waals surface area contributed by atoms with Crippen molar-refractivity contribution in [3.63, 3.8) is 0 Å². The highest BCUT2D eigenvalue weighted by Crippen LogP contribution is 2.29. The molecule has 0 amide bonds. The number of aromatic nitrogens is 1. The molecule has 16 heavy (non-hydrogen) atoms. The van der Waals surface area contributed by atoms with Crippen molar-refractivity contribution in [3.8, 4) is 0 Å². The van der Waals surface area contributed by atoms with E-state index in [9.17, 15) is 0 Å². The van der Waals surface area contributed by atoms with E-state index in [1.807, 2.05) is 0 Å². The first kappa shape index (κ1) is 12.1. The van der Waals surface area contributed by atoms with E-state index in [-0.39, 0.29) is 0 Å². The van der Waals surface area contributed by atoms with Gasteiger partial charge in [-0.15, -0.1) is 11.3 Å². The number of nitrogens with zero attached hydrogens (tertiary/aromatic N) is 1. The molecule has 1 aromatic rings. The van der Waals surface area contributed by atoms with Crippen LogP contribution >= 0.6 is 11.3 Å². The molecule has 2 nitrogen and oxygen atoms in total. The van der Waals surface area contributed by atoms with Gasteiger partial charge in [-0.1, -0.05) is 26.7 Å². The maximum atomic E-state index is 4.66. The smallest absolute Gasteiger partial charge is 0.0954 e. The van der Waals surface area contributed by atoms with Crippen molar-refractivity contribution in [1.82, 2.24) is 10.3 Å². The molecule has 1 fully saturated rings. The van der Waals surface area contributed by atoms with E-state index in [0.29, 0.717) is 11.5 Å². The summed E-state index contributed by atoms with van der Waals surface area (Å²) in [5.41, 5.74) is 1.57. The molecule has 0 spiro atoms. The third-order valence-corrected chi connectivity index (χ3v) is 4.66. The van der Waals surface area contributed by atoms with Crippen molar-refractivity contribution in [2.24, 2.45) is 0 Å². The molecule has 0 saturated heterocycles. The second-order valence-corrected chi connectivity index (χ2v) is 6.34. The zero-order chi connectivity index (χ0) is 11.6. The third-order valence-electron chi connectivity index (χ3n) is 3.47. The summed E-state index contributed by atoms with van der Waals surface area (Å²) in [7, 11) is 0. The summed E-state index contributed by atoms with van der Waals surface area (Å²) in [4.78, 5) is 4.66. The van der Waals surface area contributed by atoms with E-state index in [1.165, 1.54) is 36.4 Å². The molecule has 3 heteroatoms. The molecule has 90 valence electrons. The standard InChI is InChI=1S/C13H22N2S/c1-10(2)12-15-11(9-16-12)8-14-13(3)6-4-5-7-13/h9-10,14H,4-8H2,1-3H3. The van der Waals surface area contributed by atoms with Gasteiger partial charge in [0.25, 0.3) is 0 Å². The molecular formula is C13H22N2S. The average Bonchev–Trinajstić information content (AvgIpc) is 2.84. The van der Waals surface area contributed by atoms with Gasteiger partial charge < -0.3 is 5.32 Å². The van der Waals surface area contributed by atoms with E-state index >= 15 is 0 Å². The normalized spacial score (nSPS) is 19.5. The van der Waals surface area contributed by atoms with Gasteiger partial charge in [0, 0.05) is 23.4 Å². The zero-order valence-corrected chi connectivity index (χ0v) is 11.4. The lowest BCUT2D eigenvalue weighted by molar-refractivity contribution is 0.361. The Bertz CT molecular complexity index is 337. The molecular weight excluding hydrogens is 216 g/mol. The highest BCUT2D eigenvalue weighted by atomic mass is 32.1. The maximum absolute atomic E-state index is 4.66. The fraction of sp³-hybridized carbons (Fsp3) is 0.769. The van der Waals surface area contributed by atoms with Crippen molar-refractivity contribution in [1.29, 1.82) is 0 Å². The fourth-order valence-corrected chi connectivity index (χ4v) is 3.14. The molecule has 1 heterocycles. The van der Waals surface area contributed by atoms with Crippen LogP contribution in [0.3, 0.4) is 0 Å². The van der Waals surface area contributed by atoms with E-state index in [2.05, 4.69) is 36.5 Å². The monoisotopic (exact) mass is 238 g/mol. The number of nitrogens with one attached hydrogen (secondary N) is 1. The predicted octanol–water partition coefficient (Wildman–Crippen LogP) is 3.69. The molecule has 0 aliphatic heterocycles. The topological polar surface area (TPSA) is 24.9 Å². The van der Waals surface area contributed by atoms with Gasteiger partial charge in [-0.3, -0.25) is 0 Å². The Morgan fingerprint density at radius 2 is 2.12 bits per heavy atom. The van der Waals surface area contributed by atoms with Gasteiger partial charge in [-0.25, -0.2) is 4.98 Å². The number of thiazole rings is 1. The van der Waals surface area contributed by atoms with Crippen LogP contribution in [-0.4, -0.2) is 10.5 Å². The first-order valence-corrected chi connectivity index (χ1v) is 7.16. The van der Waals surface area contributed by atoms with Crippen molar-refractivity contribution >= 4 is 11.3 Å². The highest BCUT2D eigenvalue weighted by molar-refractivity contribution is 7.09. The molecule has 1 aromatic heterocycles. The minimum Gasteiger partial charge on any atom is -0.306 e. The third kappa shape index (κ3) is 2.83. The number of hydrogen-bond acceptors (Lipinski definition) is 3. The average molecular weight is 238 g/mol. The number of rotatable bonds is 4. The van der Waals surface area contributed by atoms with E-state index in [4.69, 9.17) is 0 Å². The van der Waals surface area contributed by atoms with Crippen LogP contribution in [0.1, 0.15) is 63.1 Å². The minimum absolute atomic E-state index is 0.363. The summed E-state index contributed by atoms with van der Waals surface area (Å²) in [5.74, 6) is 0.556. The molecule has 0 radical (unpaired) electrons. The van der Waals surface area contributed by atoms with Gasteiger partial charge >= 0.3 is 0 Å². The van der Waals surface area contributed by atoms with Crippen molar-refractivity contribution in [2.75, 3.05) is 0 Å². The summed E-state index contributed by atoms with van der Waals surface area (Å²) in [6.45, 7) is 7.68. The molecule has 0 atom stereocenters. The van der Waals surface area contributed by atoms with Gasteiger partial charge in [0.15, 0.2) is 0 Å². The summed E-state index contributed by atoms with van der Waals surface area (Å²) in [6, 6.07) is 0. The van der Waals surface area contributed by atoms with Gasteiger partial charge in [0.2, 0.25) is 0 Å². The second-order valence-electron chi connectivity index (χ2n) is 5.45. The summed E-state index contributed by atoms with van der Waals surface area (Å²) >= 11 is 1.79. The Balaban J connectivity index is 1.89. The Kier molecular flexibility index (Phi) is 3.65. The van der Waals surface area contributed by atoms with Crippen LogP contribution < -0.4 is 5.32 Å². The lowest BCUT2D eigenvalue weighted by Crippen LogP contribution is -2.38. The van der Waals surface area contributed by atoms with Crippen LogP contribution in [0.15, 0.2) is 5.38 Å². The quantitative estimate of drug-likeness (QED) is 0.865. The minimum atomic E-state index is 0.363. The molecule has 1 aliphatic rings. The highest BCUT2D eigenvalue weighted by Gasteiger charge is 2.27. The predicted molar refractivity (Wildman–Crippen MR) is 69.9 cm³/mol. The largest absolute Gasteiger partial charge is 0.306 e.